The van der Waals surface area contributed by atoms with Crippen LogP contribution in [0.5, 0.6) is 5.75 Å². The first-order valence-corrected chi connectivity index (χ1v) is 13.5. The maximum absolute atomic E-state index is 12.2. The molecule has 0 spiro atoms. The highest BCUT2D eigenvalue weighted by Gasteiger charge is 2.28. The van der Waals surface area contributed by atoms with Gasteiger partial charge in [-0.1, -0.05) is 42.8 Å². The van der Waals surface area contributed by atoms with E-state index in [-0.39, 0.29) is 31.2 Å². The summed E-state index contributed by atoms with van der Waals surface area (Å²) in [6, 6.07) is 16.4. The SMILES string of the molecule is COc1ccc(CNc2nc(CN3CC(=O)CC3=O)nc(NCc3ccc(CN4CCCCC4)cc3)n2)cc1. The van der Waals surface area contributed by atoms with Crippen molar-refractivity contribution in [3.63, 3.8) is 0 Å². The lowest BCUT2D eigenvalue weighted by atomic mass is 10.1. The van der Waals surface area contributed by atoms with Gasteiger partial charge >= 0.3 is 0 Å². The van der Waals surface area contributed by atoms with Gasteiger partial charge in [-0.2, -0.15) is 15.0 Å². The van der Waals surface area contributed by atoms with E-state index in [9.17, 15) is 9.59 Å². The molecule has 2 saturated heterocycles. The van der Waals surface area contributed by atoms with Crippen LogP contribution in [0.15, 0.2) is 48.5 Å². The quantitative estimate of drug-likeness (QED) is 0.361. The molecule has 1 amide bonds. The molecule has 2 aliphatic rings. The molecule has 2 N–H and O–H groups in total. The number of Topliss-reactive ketones (excluding diaryl/α,β-unsaturated/α-hetero) is 1. The first-order chi connectivity index (χ1) is 19.0. The fraction of sp³-hybridized carbons (Fsp3) is 0.414. The van der Waals surface area contributed by atoms with Crippen LogP contribution < -0.4 is 15.4 Å². The van der Waals surface area contributed by atoms with Crippen LogP contribution in [0.2, 0.25) is 0 Å². The first kappa shape index (κ1) is 26.6. The van der Waals surface area contributed by atoms with E-state index in [0.29, 0.717) is 30.8 Å². The van der Waals surface area contributed by atoms with Crippen molar-refractivity contribution in [2.75, 3.05) is 37.4 Å². The highest BCUT2D eigenvalue weighted by molar-refractivity contribution is 6.05. The number of ether oxygens (including phenoxy) is 1. The lowest BCUT2D eigenvalue weighted by molar-refractivity contribution is -0.128. The molecule has 3 heterocycles. The number of nitrogens with one attached hydrogen (secondary N) is 2. The summed E-state index contributed by atoms with van der Waals surface area (Å²) in [5, 5.41) is 6.55. The van der Waals surface area contributed by atoms with Crippen LogP contribution in [0.1, 0.15) is 48.2 Å². The Kier molecular flexibility index (Phi) is 8.62. The zero-order valence-corrected chi connectivity index (χ0v) is 22.4. The summed E-state index contributed by atoms with van der Waals surface area (Å²) in [6.07, 6.45) is 3.85. The average Bonchev–Trinajstić information content (AvgIpc) is 3.28. The molecule has 5 rings (SSSR count). The van der Waals surface area contributed by atoms with Crippen LogP contribution >= 0.6 is 0 Å². The average molecular weight is 530 g/mol. The number of rotatable bonds is 11. The number of nitrogens with zero attached hydrogens (tertiary/aromatic N) is 5. The minimum absolute atomic E-state index is 0.0630. The molecule has 3 aromatic rings. The topological polar surface area (TPSA) is 113 Å². The second kappa shape index (κ2) is 12.7. The van der Waals surface area contributed by atoms with E-state index in [1.54, 1.807) is 7.11 Å². The van der Waals surface area contributed by atoms with Crippen LogP contribution in [-0.4, -0.2) is 63.2 Å². The summed E-state index contributed by atoms with van der Waals surface area (Å²) in [6.45, 7) is 4.65. The van der Waals surface area contributed by atoms with Crippen molar-refractivity contribution in [1.82, 2.24) is 24.8 Å². The van der Waals surface area contributed by atoms with Gasteiger partial charge in [-0.05, 0) is 54.8 Å². The Morgan fingerprint density at radius 3 is 1.92 bits per heavy atom. The van der Waals surface area contributed by atoms with Crippen LogP contribution in [0.3, 0.4) is 0 Å². The van der Waals surface area contributed by atoms with E-state index in [2.05, 4.69) is 54.8 Å². The van der Waals surface area contributed by atoms with Crippen LogP contribution in [0.4, 0.5) is 11.9 Å². The van der Waals surface area contributed by atoms with Crippen LogP contribution in [0, 0.1) is 0 Å². The number of hydrogen-bond donors (Lipinski definition) is 2. The van der Waals surface area contributed by atoms with Crippen molar-refractivity contribution >= 4 is 23.6 Å². The summed E-state index contributed by atoms with van der Waals surface area (Å²) >= 11 is 0. The normalized spacial score (nSPS) is 16.0. The highest BCUT2D eigenvalue weighted by Crippen LogP contribution is 2.17. The van der Waals surface area contributed by atoms with Crippen molar-refractivity contribution in [3.05, 3.63) is 71.0 Å². The van der Waals surface area contributed by atoms with Crippen LogP contribution in [0.25, 0.3) is 0 Å². The Bertz CT molecular complexity index is 1280. The minimum atomic E-state index is -0.202. The smallest absolute Gasteiger partial charge is 0.230 e. The van der Waals surface area contributed by atoms with E-state index in [1.807, 2.05) is 24.3 Å². The van der Waals surface area contributed by atoms with E-state index in [0.717, 1.165) is 23.4 Å². The third-order valence-electron chi connectivity index (χ3n) is 7.02. The molecule has 10 nitrogen and oxygen atoms in total. The summed E-state index contributed by atoms with van der Waals surface area (Å²) in [5.41, 5.74) is 3.47. The molecule has 10 heteroatoms. The van der Waals surface area contributed by atoms with E-state index in [1.165, 1.54) is 42.8 Å². The van der Waals surface area contributed by atoms with E-state index < -0.39 is 0 Å². The van der Waals surface area contributed by atoms with E-state index in [4.69, 9.17) is 4.74 Å². The molecule has 204 valence electrons. The molecule has 2 fully saturated rings. The van der Waals surface area contributed by atoms with Gasteiger partial charge in [0.2, 0.25) is 17.8 Å². The highest BCUT2D eigenvalue weighted by atomic mass is 16.5. The number of ketones is 1. The maximum atomic E-state index is 12.2. The molecule has 0 radical (unpaired) electrons. The van der Waals surface area contributed by atoms with Gasteiger partial charge in [-0.3, -0.25) is 14.5 Å². The van der Waals surface area contributed by atoms with Crippen molar-refractivity contribution in [3.8, 4) is 5.75 Å². The molecule has 0 saturated carbocycles. The first-order valence-electron chi connectivity index (χ1n) is 13.5. The Labute approximate surface area is 228 Å². The molecular formula is C29H35N7O3. The number of amides is 1. The number of methoxy groups -OCH3 is 1. The number of piperidine rings is 1. The monoisotopic (exact) mass is 529 g/mol. The molecule has 39 heavy (non-hydrogen) atoms. The molecule has 0 unspecified atom stereocenters. The van der Waals surface area contributed by atoms with Crippen molar-refractivity contribution in [1.29, 1.82) is 0 Å². The molecule has 0 bridgehead atoms. The molecule has 1 aromatic heterocycles. The van der Waals surface area contributed by atoms with Crippen LogP contribution in [-0.2, 0) is 35.8 Å². The summed E-state index contributed by atoms with van der Waals surface area (Å²) in [4.78, 5) is 41.5. The largest absolute Gasteiger partial charge is 0.497 e. The lowest BCUT2D eigenvalue weighted by Crippen LogP contribution is -2.29. The predicted molar refractivity (Wildman–Crippen MR) is 148 cm³/mol. The predicted octanol–water partition coefficient (Wildman–Crippen LogP) is 3.39. The van der Waals surface area contributed by atoms with Gasteiger partial charge in [-0.15, -0.1) is 0 Å². The van der Waals surface area contributed by atoms with Crippen molar-refractivity contribution in [2.45, 2.75) is 51.9 Å². The van der Waals surface area contributed by atoms with E-state index >= 15 is 0 Å². The fourth-order valence-electron chi connectivity index (χ4n) is 4.84. The number of likely N-dealkylation sites (tertiary alicyclic amines) is 2. The Hall–Kier alpha value is -4.05. The summed E-state index contributed by atoms with van der Waals surface area (Å²) < 4.78 is 5.23. The summed E-state index contributed by atoms with van der Waals surface area (Å²) in [7, 11) is 1.64. The van der Waals surface area contributed by atoms with Gasteiger partial charge < -0.3 is 20.3 Å². The number of anilines is 2. The number of carbonyl (C=O) groups excluding carboxylic acids is 2. The molecular weight excluding hydrogens is 494 g/mol. The minimum Gasteiger partial charge on any atom is -0.497 e. The second-order valence-corrected chi connectivity index (χ2v) is 10.1. The van der Waals surface area contributed by atoms with Gasteiger partial charge in [0.1, 0.15) is 5.75 Å². The number of aromatic nitrogens is 3. The third kappa shape index (κ3) is 7.51. The fourth-order valence-corrected chi connectivity index (χ4v) is 4.84. The number of benzene rings is 2. The molecule has 2 aliphatic heterocycles. The molecule has 0 aliphatic carbocycles. The summed E-state index contributed by atoms with van der Waals surface area (Å²) in [5.74, 6) is 1.73. The van der Waals surface area contributed by atoms with Gasteiger partial charge in [-0.25, -0.2) is 0 Å². The third-order valence-corrected chi connectivity index (χ3v) is 7.02. The van der Waals surface area contributed by atoms with Gasteiger partial charge in [0.25, 0.3) is 0 Å². The zero-order valence-electron chi connectivity index (χ0n) is 22.4. The number of hydrogen-bond acceptors (Lipinski definition) is 9. The molecule has 0 atom stereocenters. The van der Waals surface area contributed by atoms with Gasteiger partial charge in [0, 0.05) is 19.6 Å². The molecule has 2 aromatic carbocycles. The maximum Gasteiger partial charge on any atom is 0.230 e. The van der Waals surface area contributed by atoms with Gasteiger partial charge in [0.15, 0.2) is 11.6 Å². The Morgan fingerprint density at radius 2 is 1.36 bits per heavy atom. The Balaban J connectivity index is 1.25. The van der Waals surface area contributed by atoms with Crippen molar-refractivity contribution in [2.24, 2.45) is 0 Å². The van der Waals surface area contributed by atoms with Gasteiger partial charge in [0.05, 0.1) is 26.6 Å². The second-order valence-electron chi connectivity index (χ2n) is 10.1. The lowest BCUT2D eigenvalue weighted by Gasteiger charge is -2.26. The van der Waals surface area contributed by atoms with Crippen molar-refractivity contribution < 1.29 is 14.3 Å². The Morgan fingerprint density at radius 1 is 0.769 bits per heavy atom. The number of carbonyl (C=O) groups is 2. The standard InChI is InChI=1S/C29H35N7O3/c1-39-25-11-9-22(10-12-25)17-31-29-33-26(20-36-19-24(37)15-27(36)38)32-28(34-29)30-16-21-5-7-23(8-6-21)18-35-13-3-2-4-14-35/h5-12H,2-4,13-20H2,1H3,(H2,30,31,32,33,34). The zero-order chi connectivity index (χ0) is 27.0.